The normalized spacial score (nSPS) is 14.1. The number of aliphatic carboxylic acids is 1. The lowest BCUT2D eigenvalue weighted by atomic mass is 10.1. The van der Waals surface area contributed by atoms with Crippen LogP contribution in [0.3, 0.4) is 0 Å². The van der Waals surface area contributed by atoms with Crippen LogP contribution in [0.5, 0.6) is 0 Å². The second-order valence-electron chi connectivity index (χ2n) is 5.25. The van der Waals surface area contributed by atoms with E-state index in [9.17, 15) is 9.59 Å². The van der Waals surface area contributed by atoms with Gasteiger partial charge < -0.3 is 10.0 Å². The van der Waals surface area contributed by atoms with Gasteiger partial charge >= 0.3 is 5.97 Å². The average Bonchev–Trinajstić information content (AvgIpc) is 3.31. The number of nitrogens with zero attached hydrogens (tertiary/aromatic N) is 2. The van der Waals surface area contributed by atoms with Gasteiger partial charge in [0.25, 0.3) is 5.91 Å². The first-order valence-electron chi connectivity index (χ1n) is 7.03. The molecule has 1 aliphatic rings. The Kier molecular flexibility index (Phi) is 3.56. The highest BCUT2D eigenvalue weighted by Crippen LogP contribution is 2.29. The number of carboxylic acid groups (broad SMARTS) is 1. The van der Waals surface area contributed by atoms with E-state index in [1.165, 1.54) is 0 Å². The first-order chi connectivity index (χ1) is 10.2. The average molecular weight is 284 g/mol. The third-order valence-corrected chi connectivity index (χ3v) is 3.69. The van der Waals surface area contributed by atoms with Crippen LogP contribution >= 0.6 is 0 Å². The lowest BCUT2D eigenvalue weighted by Gasteiger charge is -2.22. The summed E-state index contributed by atoms with van der Waals surface area (Å²) in [6, 6.07) is 9.32. The Hall–Kier alpha value is -2.43. The molecular weight excluding hydrogens is 268 g/mol. The maximum atomic E-state index is 12.8. The smallest absolute Gasteiger partial charge is 0.305 e. The van der Waals surface area contributed by atoms with Gasteiger partial charge in [0.1, 0.15) is 0 Å². The fourth-order valence-electron chi connectivity index (χ4n) is 2.50. The number of benzene rings is 1. The summed E-state index contributed by atoms with van der Waals surface area (Å²) < 4.78 is 0. The molecule has 0 spiro atoms. The molecule has 0 radical (unpaired) electrons. The molecule has 0 aliphatic heterocycles. The Morgan fingerprint density at radius 2 is 2.05 bits per heavy atom. The minimum Gasteiger partial charge on any atom is -0.481 e. The van der Waals surface area contributed by atoms with E-state index in [0.717, 1.165) is 23.7 Å². The first kappa shape index (κ1) is 13.5. The van der Waals surface area contributed by atoms with Crippen LogP contribution in [0.2, 0.25) is 0 Å². The first-order valence-corrected chi connectivity index (χ1v) is 7.03. The molecular formula is C16H16N2O3. The second kappa shape index (κ2) is 5.52. The molecule has 5 nitrogen and oxygen atoms in total. The molecule has 1 amide bonds. The number of carbonyl (C=O) groups excluding carboxylic acids is 1. The minimum absolute atomic E-state index is 0.0226. The van der Waals surface area contributed by atoms with E-state index in [4.69, 9.17) is 5.11 Å². The summed E-state index contributed by atoms with van der Waals surface area (Å²) in [5.74, 6) is -0.981. The van der Waals surface area contributed by atoms with Crippen molar-refractivity contribution in [2.75, 3.05) is 6.54 Å². The Bertz CT molecular complexity index is 689. The van der Waals surface area contributed by atoms with Crippen LogP contribution in [0.15, 0.2) is 36.5 Å². The van der Waals surface area contributed by atoms with E-state index in [1.54, 1.807) is 23.2 Å². The SMILES string of the molecule is O=C(O)CCN(C(=O)c1cccc2ncccc12)C1CC1. The number of hydrogen-bond donors (Lipinski definition) is 1. The lowest BCUT2D eigenvalue weighted by Crippen LogP contribution is -2.35. The van der Waals surface area contributed by atoms with Crippen molar-refractivity contribution in [3.8, 4) is 0 Å². The summed E-state index contributed by atoms with van der Waals surface area (Å²) >= 11 is 0. The van der Waals surface area contributed by atoms with Gasteiger partial charge in [0.05, 0.1) is 11.9 Å². The molecule has 1 fully saturated rings. The van der Waals surface area contributed by atoms with Gasteiger partial charge in [-0.2, -0.15) is 0 Å². The quantitative estimate of drug-likeness (QED) is 0.914. The van der Waals surface area contributed by atoms with Gasteiger partial charge in [-0.1, -0.05) is 12.1 Å². The number of amides is 1. The highest BCUT2D eigenvalue weighted by Gasteiger charge is 2.33. The van der Waals surface area contributed by atoms with Crippen molar-refractivity contribution >= 4 is 22.8 Å². The van der Waals surface area contributed by atoms with Gasteiger partial charge in [-0.3, -0.25) is 14.6 Å². The van der Waals surface area contributed by atoms with E-state index in [0.29, 0.717) is 5.56 Å². The van der Waals surface area contributed by atoms with Crippen molar-refractivity contribution < 1.29 is 14.7 Å². The van der Waals surface area contributed by atoms with E-state index < -0.39 is 5.97 Å². The summed E-state index contributed by atoms with van der Waals surface area (Å²) in [4.78, 5) is 29.5. The van der Waals surface area contributed by atoms with Crippen molar-refractivity contribution in [3.05, 3.63) is 42.1 Å². The number of carboxylic acids is 1. The van der Waals surface area contributed by atoms with Crippen molar-refractivity contribution in [3.63, 3.8) is 0 Å². The third kappa shape index (κ3) is 2.86. The Balaban J connectivity index is 1.92. The van der Waals surface area contributed by atoms with Crippen molar-refractivity contribution in [1.29, 1.82) is 0 Å². The van der Waals surface area contributed by atoms with E-state index in [-0.39, 0.29) is 24.9 Å². The molecule has 1 aromatic heterocycles. The largest absolute Gasteiger partial charge is 0.481 e. The predicted molar refractivity (Wildman–Crippen MR) is 78.1 cm³/mol. The van der Waals surface area contributed by atoms with E-state index in [1.807, 2.05) is 18.2 Å². The van der Waals surface area contributed by atoms with Crippen molar-refractivity contribution in [2.24, 2.45) is 0 Å². The Morgan fingerprint density at radius 1 is 1.24 bits per heavy atom. The maximum Gasteiger partial charge on any atom is 0.305 e. The van der Waals surface area contributed by atoms with Gasteiger partial charge in [-0.25, -0.2) is 0 Å². The van der Waals surface area contributed by atoms with Gasteiger partial charge in [-0.15, -0.1) is 0 Å². The van der Waals surface area contributed by atoms with Gasteiger partial charge in [0.2, 0.25) is 0 Å². The van der Waals surface area contributed by atoms with Crippen LogP contribution in [-0.4, -0.2) is 39.5 Å². The fraction of sp³-hybridized carbons (Fsp3) is 0.312. The number of pyridine rings is 1. The molecule has 1 heterocycles. The van der Waals surface area contributed by atoms with Gasteiger partial charge in [0.15, 0.2) is 0 Å². The number of rotatable bonds is 5. The minimum atomic E-state index is -0.881. The fourth-order valence-corrected chi connectivity index (χ4v) is 2.50. The predicted octanol–water partition coefficient (Wildman–Crippen LogP) is 2.31. The molecule has 0 atom stereocenters. The molecule has 2 aromatic rings. The molecule has 0 unspecified atom stereocenters. The zero-order valence-corrected chi connectivity index (χ0v) is 11.5. The number of aromatic nitrogens is 1. The van der Waals surface area contributed by atoms with Crippen LogP contribution in [0.1, 0.15) is 29.6 Å². The van der Waals surface area contributed by atoms with Crippen LogP contribution in [0.25, 0.3) is 10.9 Å². The topological polar surface area (TPSA) is 70.5 Å². The molecule has 1 saturated carbocycles. The number of hydrogen-bond acceptors (Lipinski definition) is 3. The van der Waals surface area contributed by atoms with E-state index in [2.05, 4.69) is 4.98 Å². The zero-order chi connectivity index (χ0) is 14.8. The highest BCUT2D eigenvalue weighted by atomic mass is 16.4. The van der Waals surface area contributed by atoms with Crippen LogP contribution in [0, 0.1) is 0 Å². The molecule has 0 saturated heterocycles. The van der Waals surface area contributed by atoms with Crippen LogP contribution in [-0.2, 0) is 4.79 Å². The summed E-state index contributed by atoms with van der Waals surface area (Å²) in [6.07, 6.45) is 3.58. The summed E-state index contributed by atoms with van der Waals surface area (Å²) in [5, 5.41) is 9.65. The molecule has 5 heteroatoms. The van der Waals surface area contributed by atoms with Crippen molar-refractivity contribution in [1.82, 2.24) is 9.88 Å². The Labute approximate surface area is 122 Å². The molecule has 108 valence electrons. The number of carbonyl (C=O) groups is 2. The van der Waals surface area contributed by atoms with Crippen molar-refractivity contribution in [2.45, 2.75) is 25.3 Å². The summed E-state index contributed by atoms with van der Waals surface area (Å²) in [5.41, 5.74) is 1.37. The van der Waals surface area contributed by atoms with Gasteiger partial charge in [0, 0.05) is 29.7 Å². The molecule has 21 heavy (non-hydrogen) atoms. The zero-order valence-electron chi connectivity index (χ0n) is 11.5. The lowest BCUT2D eigenvalue weighted by molar-refractivity contribution is -0.137. The molecule has 1 aliphatic carbocycles. The van der Waals surface area contributed by atoms with Crippen LogP contribution < -0.4 is 0 Å². The summed E-state index contributed by atoms with van der Waals surface area (Å²) in [6.45, 7) is 0.259. The molecule has 1 aromatic carbocycles. The third-order valence-electron chi connectivity index (χ3n) is 3.69. The molecule has 1 N–H and O–H groups in total. The standard InChI is InChI=1S/C16H16N2O3/c19-15(20)8-10-18(11-6-7-11)16(21)13-3-1-5-14-12(13)4-2-9-17-14/h1-5,9,11H,6-8,10H2,(H,19,20). The van der Waals surface area contributed by atoms with Gasteiger partial charge in [-0.05, 0) is 31.0 Å². The van der Waals surface area contributed by atoms with Crippen LogP contribution in [0.4, 0.5) is 0 Å². The summed E-state index contributed by atoms with van der Waals surface area (Å²) in [7, 11) is 0. The number of fused-ring (bicyclic) bond motifs is 1. The monoisotopic (exact) mass is 284 g/mol. The van der Waals surface area contributed by atoms with E-state index >= 15 is 0 Å². The molecule has 3 rings (SSSR count). The maximum absolute atomic E-state index is 12.8. The Morgan fingerprint density at radius 3 is 2.76 bits per heavy atom. The highest BCUT2D eigenvalue weighted by molar-refractivity contribution is 6.06. The second-order valence-corrected chi connectivity index (χ2v) is 5.25. The molecule has 0 bridgehead atoms.